The number of Topliss-reactive ketones (excluding diaryl/α,β-unsaturated/α-hetero) is 1. The van der Waals surface area contributed by atoms with Crippen molar-refractivity contribution in [3.8, 4) is 11.8 Å². The average Bonchev–Trinajstić information content (AvgIpc) is 2.67. The van der Waals surface area contributed by atoms with Crippen LogP contribution in [-0.2, 0) is 4.79 Å². The Balaban J connectivity index is 2.16. The smallest absolute Gasteiger partial charge is 0.175 e. The predicted octanol–water partition coefficient (Wildman–Crippen LogP) is 6.16. The molecule has 148 valence electrons. The molecular formula is C25H31NO2. The molecule has 0 aliphatic rings. The first-order valence-corrected chi connectivity index (χ1v) is 9.94. The first kappa shape index (κ1) is 21.7. The van der Waals surface area contributed by atoms with Gasteiger partial charge in [-0.05, 0) is 60.1 Å². The van der Waals surface area contributed by atoms with Gasteiger partial charge in [0.1, 0.15) is 12.4 Å². The van der Waals surface area contributed by atoms with Crippen molar-refractivity contribution in [2.75, 3.05) is 6.61 Å². The Kier molecular flexibility index (Phi) is 7.02. The molecule has 0 radical (unpaired) electrons. The zero-order valence-corrected chi connectivity index (χ0v) is 17.9. The van der Waals surface area contributed by atoms with Crippen molar-refractivity contribution in [2.45, 2.75) is 59.8 Å². The number of hydrogen-bond acceptors (Lipinski definition) is 3. The summed E-state index contributed by atoms with van der Waals surface area (Å²) < 4.78 is 5.78. The van der Waals surface area contributed by atoms with Gasteiger partial charge in [-0.25, -0.2) is 0 Å². The summed E-state index contributed by atoms with van der Waals surface area (Å²) >= 11 is 0. The summed E-state index contributed by atoms with van der Waals surface area (Å²) in [7, 11) is 0. The van der Waals surface area contributed by atoms with Gasteiger partial charge in [0, 0.05) is 5.41 Å². The van der Waals surface area contributed by atoms with Crippen molar-refractivity contribution in [3.05, 3.63) is 64.7 Å². The zero-order chi connectivity index (χ0) is 20.9. The van der Waals surface area contributed by atoms with Crippen LogP contribution in [0, 0.1) is 23.7 Å². The number of carbonyl (C=O) groups is 1. The zero-order valence-electron chi connectivity index (χ0n) is 17.9. The van der Waals surface area contributed by atoms with Gasteiger partial charge in [0.05, 0.1) is 11.6 Å². The molecule has 0 heterocycles. The van der Waals surface area contributed by atoms with E-state index in [2.05, 4.69) is 44.2 Å². The summed E-state index contributed by atoms with van der Waals surface area (Å²) in [5.41, 5.74) is 3.85. The Bertz CT molecular complexity index is 854. The number of ketones is 1. The van der Waals surface area contributed by atoms with E-state index in [1.807, 2.05) is 45.9 Å². The van der Waals surface area contributed by atoms with Gasteiger partial charge in [0.2, 0.25) is 0 Å². The lowest BCUT2D eigenvalue weighted by Gasteiger charge is -2.25. The topological polar surface area (TPSA) is 50.1 Å². The first-order chi connectivity index (χ1) is 13.2. The minimum atomic E-state index is -0.391. The monoisotopic (exact) mass is 377 g/mol. The minimum absolute atomic E-state index is 0.0937. The van der Waals surface area contributed by atoms with Gasteiger partial charge < -0.3 is 4.74 Å². The molecule has 3 nitrogen and oxygen atoms in total. The van der Waals surface area contributed by atoms with Crippen LogP contribution >= 0.6 is 0 Å². The van der Waals surface area contributed by atoms with Crippen LogP contribution in [0.3, 0.4) is 0 Å². The Morgan fingerprint density at radius 2 is 1.71 bits per heavy atom. The maximum absolute atomic E-state index is 12.1. The molecule has 2 atom stereocenters. The van der Waals surface area contributed by atoms with Gasteiger partial charge in [0.25, 0.3) is 0 Å². The summed E-state index contributed by atoms with van der Waals surface area (Å²) in [6, 6.07) is 16.3. The van der Waals surface area contributed by atoms with Gasteiger partial charge in [-0.1, -0.05) is 58.9 Å². The molecule has 0 aliphatic carbocycles. The van der Waals surface area contributed by atoms with Gasteiger partial charge >= 0.3 is 0 Å². The van der Waals surface area contributed by atoms with Crippen molar-refractivity contribution in [1.82, 2.24) is 0 Å². The Morgan fingerprint density at radius 1 is 1.11 bits per heavy atom. The normalized spacial score (nSPS) is 13.5. The van der Waals surface area contributed by atoms with Crippen LogP contribution in [-0.4, -0.2) is 12.4 Å². The summed E-state index contributed by atoms with van der Waals surface area (Å²) in [6.07, 6.45) is 1.02. The number of carbonyl (C=O) groups excluding carboxylic acids is 1. The van der Waals surface area contributed by atoms with Gasteiger partial charge in [-0.2, -0.15) is 5.26 Å². The molecule has 0 aromatic heterocycles. The summed E-state index contributed by atoms with van der Waals surface area (Å²) in [5.74, 6) is 1.57. The quantitative estimate of drug-likeness (QED) is 0.581. The number of benzene rings is 2. The van der Waals surface area contributed by atoms with E-state index >= 15 is 0 Å². The highest BCUT2D eigenvalue weighted by Crippen LogP contribution is 2.36. The standard InChI is InChI=1S/C25H31NO2/c1-7-22(20-10-8-19(15-26)9-11-20)18(3)21-12-13-23(17(2)14-21)28-16-24(27)25(4,5)6/h8-14,18,22H,7,16H2,1-6H3. The first-order valence-electron chi connectivity index (χ1n) is 9.94. The Labute approximate surface area is 169 Å². The maximum Gasteiger partial charge on any atom is 0.175 e. The van der Waals surface area contributed by atoms with E-state index in [0.717, 1.165) is 17.7 Å². The molecule has 0 fully saturated rings. The third kappa shape index (κ3) is 5.23. The highest BCUT2D eigenvalue weighted by atomic mass is 16.5. The lowest BCUT2D eigenvalue weighted by Crippen LogP contribution is -2.26. The average molecular weight is 378 g/mol. The van der Waals surface area contributed by atoms with E-state index in [1.54, 1.807) is 0 Å². The lowest BCUT2D eigenvalue weighted by molar-refractivity contribution is -0.128. The highest BCUT2D eigenvalue weighted by molar-refractivity contribution is 5.85. The summed E-state index contributed by atoms with van der Waals surface area (Å²) in [6.45, 7) is 12.3. The van der Waals surface area contributed by atoms with E-state index in [-0.39, 0.29) is 12.4 Å². The van der Waals surface area contributed by atoms with Gasteiger partial charge in [-0.3, -0.25) is 4.79 Å². The predicted molar refractivity (Wildman–Crippen MR) is 114 cm³/mol. The molecule has 0 amide bonds. The molecule has 28 heavy (non-hydrogen) atoms. The second-order valence-electron chi connectivity index (χ2n) is 8.52. The molecule has 0 spiro atoms. The van der Waals surface area contributed by atoms with Crippen LogP contribution in [0.5, 0.6) is 5.75 Å². The molecule has 2 aromatic carbocycles. The van der Waals surface area contributed by atoms with E-state index in [9.17, 15) is 4.79 Å². The van der Waals surface area contributed by atoms with Crippen molar-refractivity contribution in [3.63, 3.8) is 0 Å². The number of rotatable bonds is 7. The van der Waals surface area contributed by atoms with Crippen LogP contribution in [0.1, 0.15) is 75.1 Å². The minimum Gasteiger partial charge on any atom is -0.486 e. The van der Waals surface area contributed by atoms with E-state index in [0.29, 0.717) is 17.4 Å². The number of ether oxygens (including phenoxy) is 1. The fourth-order valence-electron chi connectivity index (χ4n) is 3.39. The highest BCUT2D eigenvalue weighted by Gasteiger charge is 2.23. The molecule has 2 aromatic rings. The molecule has 0 N–H and O–H groups in total. The molecule has 2 unspecified atom stereocenters. The third-order valence-electron chi connectivity index (χ3n) is 5.43. The van der Waals surface area contributed by atoms with Crippen molar-refractivity contribution >= 4 is 5.78 Å². The summed E-state index contributed by atoms with van der Waals surface area (Å²) in [4.78, 5) is 12.1. The van der Waals surface area contributed by atoms with Crippen LogP contribution in [0.2, 0.25) is 0 Å². The van der Waals surface area contributed by atoms with Crippen molar-refractivity contribution < 1.29 is 9.53 Å². The van der Waals surface area contributed by atoms with Crippen LogP contribution in [0.4, 0.5) is 0 Å². The number of hydrogen-bond donors (Lipinski definition) is 0. The van der Waals surface area contributed by atoms with Crippen LogP contribution in [0.15, 0.2) is 42.5 Å². The number of nitriles is 1. The number of aryl methyl sites for hydroxylation is 1. The molecule has 0 aliphatic heterocycles. The van der Waals surface area contributed by atoms with Crippen LogP contribution < -0.4 is 4.74 Å². The fraction of sp³-hybridized carbons (Fsp3) is 0.440. The second-order valence-corrected chi connectivity index (χ2v) is 8.52. The molecule has 3 heteroatoms. The fourth-order valence-corrected chi connectivity index (χ4v) is 3.39. The molecule has 2 rings (SSSR count). The lowest BCUT2D eigenvalue weighted by atomic mass is 9.80. The van der Waals surface area contributed by atoms with E-state index < -0.39 is 5.41 Å². The Hall–Kier alpha value is -2.60. The third-order valence-corrected chi connectivity index (χ3v) is 5.43. The van der Waals surface area contributed by atoms with Gasteiger partial charge in [-0.15, -0.1) is 0 Å². The van der Waals surface area contributed by atoms with E-state index in [1.165, 1.54) is 11.1 Å². The van der Waals surface area contributed by atoms with E-state index in [4.69, 9.17) is 10.00 Å². The van der Waals surface area contributed by atoms with Gasteiger partial charge in [0.15, 0.2) is 5.78 Å². The molecular weight excluding hydrogens is 346 g/mol. The molecule has 0 saturated heterocycles. The number of nitrogens with zero attached hydrogens (tertiary/aromatic N) is 1. The second kappa shape index (κ2) is 9.06. The largest absolute Gasteiger partial charge is 0.486 e. The maximum atomic E-state index is 12.1. The van der Waals surface area contributed by atoms with Crippen LogP contribution in [0.25, 0.3) is 0 Å². The van der Waals surface area contributed by atoms with Crippen molar-refractivity contribution in [1.29, 1.82) is 5.26 Å². The Morgan fingerprint density at radius 3 is 2.21 bits per heavy atom. The molecule has 0 saturated carbocycles. The SMILES string of the molecule is CCC(c1ccc(C#N)cc1)C(C)c1ccc(OCC(=O)C(C)(C)C)c(C)c1. The molecule has 0 bridgehead atoms. The summed E-state index contributed by atoms with van der Waals surface area (Å²) in [5, 5.41) is 9.01. The van der Waals surface area contributed by atoms with Crippen molar-refractivity contribution in [2.24, 2.45) is 5.41 Å².